The van der Waals surface area contributed by atoms with Gasteiger partial charge in [-0.25, -0.2) is 0 Å². The highest BCUT2D eigenvalue weighted by molar-refractivity contribution is 5.76. The van der Waals surface area contributed by atoms with Crippen LogP contribution in [0.5, 0.6) is 0 Å². The van der Waals surface area contributed by atoms with Crippen LogP contribution in [0, 0.1) is 0 Å². The molecule has 19 heavy (non-hydrogen) atoms. The molecule has 0 aliphatic rings. The normalized spacial score (nSPS) is 14.2. The number of carboxylic acid groups (broad SMARTS) is 1. The van der Waals surface area contributed by atoms with Crippen molar-refractivity contribution < 1.29 is 9.90 Å². The molecule has 1 rings (SSSR count). The summed E-state index contributed by atoms with van der Waals surface area (Å²) in [6.45, 7) is 10.4. The number of carbonyl (C=O) groups is 1. The second-order valence-corrected chi connectivity index (χ2v) is 6.61. The zero-order valence-corrected chi connectivity index (χ0v) is 12.7. The number of likely N-dealkylation sites (N-methyl/N-ethyl adjacent to an activating group) is 1. The first kappa shape index (κ1) is 15.7. The molecule has 0 bridgehead atoms. The Morgan fingerprint density at radius 2 is 1.47 bits per heavy atom. The molecule has 2 N–H and O–H groups in total. The summed E-state index contributed by atoms with van der Waals surface area (Å²) in [5.41, 5.74) is 1.93. The highest BCUT2D eigenvalue weighted by Gasteiger charge is 2.35. The summed E-state index contributed by atoms with van der Waals surface area (Å²) >= 11 is 0. The average molecular weight is 263 g/mol. The summed E-state index contributed by atoms with van der Waals surface area (Å²) in [6, 6.07) is 7.65. The number of nitrogens with one attached hydrogen (secondary N) is 1. The van der Waals surface area contributed by atoms with Crippen LogP contribution in [0.15, 0.2) is 24.3 Å². The van der Waals surface area contributed by atoms with E-state index in [1.165, 1.54) is 5.56 Å². The molecule has 0 radical (unpaired) electrons. The van der Waals surface area contributed by atoms with Crippen LogP contribution < -0.4 is 5.32 Å². The molecule has 0 saturated carbocycles. The fourth-order valence-electron chi connectivity index (χ4n) is 2.36. The Hall–Kier alpha value is -1.35. The molecule has 0 aliphatic heterocycles. The van der Waals surface area contributed by atoms with Gasteiger partial charge in [0.1, 0.15) is 6.04 Å². The van der Waals surface area contributed by atoms with Crippen LogP contribution in [0.2, 0.25) is 0 Å². The van der Waals surface area contributed by atoms with Gasteiger partial charge < -0.3 is 10.4 Å². The van der Waals surface area contributed by atoms with Crippen molar-refractivity contribution in [3.63, 3.8) is 0 Å². The molecule has 0 heterocycles. The highest BCUT2D eigenvalue weighted by Crippen LogP contribution is 2.30. The molecule has 3 heteroatoms. The Morgan fingerprint density at radius 1 is 1.05 bits per heavy atom. The Morgan fingerprint density at radius 3 is 1.79 bits per heavy atom. The maximum Gasteiger partial charge on any atom is 0.321 e. The summed E-state index contributed by atoms with van der Waals surface area (Å²) in [6.07, 6.45) is 0. The minimum absolute atomic E-state index is 0.109. The number of carboxylic acids is 1. The SMILES string of the molecule is CN[C@H](C(=O)O)C(C)(C)c1ccc(C(C)(C)C)cc1. The standard InChI is InChI=1S/C16H25NO2/c1-15(2,3)11-7-9-12(10-8-11)16(4,5)13(17-6)14(18)19/h7-10,13,17H,1-6H3,(H,18,19)/t13-/m1/s1. The van der Waals surface area contributed by atoms with E-state index in [4.69, 9.17) is 0 Å². The van der Waals surface area contributed by atoms with Crippen molar-refractivity contribution in [3.8, 4) is 0 Å². The average Bonchev–Trinajstić information content (AvgIpc) is 2.28. The zero-order valence-electron chi connectivity index (χ0n) is 12.7. The summed E-state index contributed by atoms with van der Waals surface area (Å²) in [7, 11) is 1.68. The van der Waals surface area contributed by atoms with Gasteiger partial charge in [-0.15, -0.1) is 0 Å². The Bertz CT molecular complexity index is 441. The van der Waals surface area contributed by atoms with Crippen LogP contribution in [0.1, 0.15) is 45.7 Å². The van der Waals surface area contributed by atoms with E-state index in [1.54, 1.807) is 7.05 Å². The molecule has 106 valence electrons. The van der Waals surface area contributed by atoms with Crippen molar-refractivity contribution in [1.29, 1.82) is 0 Å². The number of hydrogen-bond acceptors (Lipinski definition) is 2. The molecule has 0 fully saturated rings. The lowest BCUT2D eigenvalue weighted by Gasteiger charge is -2.32. The fourth-order valence-corrected chi connectivity index (χ4v) is 2.36. The van der Waals surface area contributed by atoms with Crippen molar-refractivity contribution in [3.05, 3.63) is 35.4 Å². The van der Waals surface area contributed by atoms with E-state index in [0.717, 1.165) is 5.56 Å². The largest absolute Gasteiger partial charge is 0.480 e. The predicted molar refractivity (Wildman–Crippen MR) is 78.7 cm³/mol. The van der Waals surface area contributed by atoms with Crippen LogP contribution in [0.3, 0.4) is 0 Å². The van der Waals surface area contributed by atoms with E-state index < -0.39 is 17.4 Å². The van der Waals surface area contributed by atoms with E-state index in [1.807, 2.05) is 26.0 Å². The zero-order chi connectivity index (χ0) is 14.8. The van der Waals surface area contributed by atoms with E-state index in [-0.39, 0.29) is 5.41 Å². The molecule has 1 aromatic carbocycles. The molecular formula is C16H25NO2. The lowest BCUT2D eigenvalue weighted by molar-refractivity contribution is -0.141. The first-order valence-corrected chi connectivity index (χ1v) is 6.62. The minimum Gasteiger partial charge on any atom is -0.480 e. The van der Waals surface area contributed by atoms with Gasteiger partial charge in [0.15, 0.2) is 0 Å². The van der Waals surface area contributed by atoms with Crippen LogP contribution in [-0.2, 0) is 15.6 Å². The molecule has 1 atom stereocenters. The lowest BCUT2D eigenvalue weighted by Crippen LogP contribution is -2.48. The summed E-state index contributed by atoms with van der Waals surface area (Å²) < 4.78 is 0. The van der Waals surface area contributed by atoms with Gasteiger partial charge >= 0.3 is 5.97 Å². The summed E-state index contributed by atoms with van der Waals surface area (Å²) in [5.74, 6) is -0.826. The molecule has 3 nitrogen and oxygen atoms in total. The third kappa shape index (κ3) is 3.35. The molecule has 0 aromatic heterocycles. The Labute approximate surface area is 116 Å². The maximum atomic E-state index is 11.3. The fraction of sp³-hybridized carbons (Fsp3) is 0.562. The molecule has 0 unspecified atom stereocenters. The smallest absolute Gasteiger partial charge is 0.321 e. The van der Waals surface area contributed by atoms with Gasteiger partial charge in [-0.3, -0.25) is 4.79 Å². The van der Waals surface area contributed by atoms with Gasteiger partial charge in [0.25, 0.3) is 0 Å². The van der Waals surface area contributed by atoms with E-state index in [9.17, 15) is 9.90 Å². The van der Waals surface area contributed by atoms with Gasteiger partial charge in [0.05, 0.1) is 0 Å². The van der Waals surface area contributed by atoms with Crippen molar-refractivity contribution in [2.24, 2.45) is 0 Å². The lowest BCUT2D eigenvalue weighted by atomic mass is 9.76. The number of benzene rings is 1. The number of aliphatic carboxylic acids is 1. The van der Waals surface area contributed by atoms with Gasteiger partial charge in [-0.2, -0.15) is 0 Å². The van der Waals surface area contributed by atoms with Crippen LogP contribution >= 0.6 is 0 Å². The van der Waals surface area contributed by atoms with Crippen molar-refractivity contribution in [1.82, 2.24) is 5.32 Å². The molecular weight excluding hydrogens is 238 g/mol. The topological polar surface area (TPSA) is 49.3 Å². The summed E-state index contributed by atoms with van der Waals surface area (Å²) in [4.78, 5) is 11.3. The first-order chi connectivity index (χ1) is 8.60. The minimum atomic E-state index is -0.826. The van der Waals surface area contributed by atoms with Crippen molar-refractivity contribution in [2.75, 3.05) is 7.05 Å². The monoisotopic (exact) mass is 263 g/mol. The molecule has 0 spiro atoms. The quantitative estimate of drug-likeness (QED) is 0.878. The van der Waals surface area contributed by atoms with Gasteiger partial charge in [-0.05, 0) is 23.6 Å². The third-order valence-corrected chi connectivity index (χ3v) is 3.75. The predicted octanol–water partition coefficient (Wildman–Crippen LogP) is 2.93. The molecule has 1 aromatic rings. The van der Waals surface area contributed by atoms with Gasteiger partial charge in [0, 0.05) is 5.41 Å². The van der Waals surface area contributed by atoms with Crippen molar-refractivity contribution >= 4 is 5.97 Å². The third-order valence-electron chi connectivity index (χ3n) is 3.75. The van der Waals surface area contributed by atoms with E-state index in [2.05, 4.69) is 38.2 Å². The Balaban J connectivity index is 3.12. The number of hydrogen-bond donors (Lipinski definition) is 2. The Kier molecular flexibility index (Phi) is 4.41. The second-order valence-electron chi connectivity index (χ2n) is 6.61. The first-order valence-electron chi connectivity index (χ1n) is 6.62. The van der Waals surface area contributed by atoms with E-state index in [0.29, 0.717) is 0 Å². The number of rotatable bonds is 4. The van der Waals surface area contributed by atoms with Crippen molar-refractivity contribution in [2.45, 2.75) is 51.5 Å². The van der Waals surface area contributed by atoms with E-state index >= 15 is 0 Å². The van der Waals surface area contributed by atoms with Crippen LogP contribution in [0.25, 0.3) is 0 Å². The highest BCUT2D eigenvalue weighted by atomic mass is 16.4. The molecule has 0 saturated heterocycles. The second kappa shape index (κ2) is 5.33. The van der Waals surface area contributed by atoms with Crippen LogP contribution in [-0.4, -0.2) is 24.2 Å². The van der Waals surface area contributed by atoms with Gasteiger partial charge in [0.2, 0.25) is 0 Å². The van der Waals surface area contributed by atoms with Crippen LogP contribution in [0.4, 0.5) is 0 Å². The van der Waals surface area contributed by atoms with Gasteiger partial charge in [-0.1, -0.05) is 58.9 Å². The molecule has 0 amide bonds. The summed E-state index contributed by atoms with van der Waals surface area (Å²) in [5, 5.41) is 12.2. The molecule has 0 aliphatic carbocycles. The maximum absolute atomic E-state index is 11.3.